The van der Waals surface area contributed by atoms with E-state index >= 15 is 0 Å². The molecule has 1 aliphatic heterocycles. The molecule has 3 aromatic heterocycles. The Morgan fingerprint density at radius 1 is 1.19 bits per heavy atom. The van der Waals surface area contributed by atoms with E-state index in [0.29, 0.717) is 5.56 Å². The monoisotopic (exact) mass is 346 g/mol. The number of nitrogens with one attached hydrogen (secondary N) is 1. The molecule has 4 aromatic rings. The first-order valence-corrected chi connectivity index (χ1v) is 8.84. The van der Waals surface area contributed by atoms with E-state index in [0.717, 1.165) is 48.2 Å². The molecule has 1 aromatic carbocycles. The van der Waals surface area contributed by atoms with Crippen LogP contribution in [0.3, 0.4) is 0 Å². The van der Waals surface area contributed by atoms with Gasteiger partial charge in [0.25, 0.3) is 5.91 Å². The van der Waals surface area contributed by atoms with Gasteiger partial charge in [-0.15, -0.1) is 0 Å². The molecule has 0 spiro atoms. The first-order chi connectivity index (χ1) is 12.8. The molecule has 7 nitrogen and oxygen atoms in total. The summed E-state index contributed by atoms with van der Waals surface area (Å²) in [7, 11) is 0. The van der Waals surface area contributed by atoms with Crippen LogP contribution < -0.4 is 0 Å². The van der Waals surface area contributed by atoms with Crippen molar-refractivity contribution in [2.45, 2.75) is 25.3 Å². The van der Waals surface area contributed by atoms with Gasteiger partial charge in [0.1, 0.15) is 0 Å². The summed E-state index contributed by atoms with van der Waals surface area (Å²) in [5.41, 5.74) is 4.15. The third kappa shape index (κ3) is 2.44. The molecule has 26 heavy (non-hydrogen) atoms. The average Bonchev–Trinajstić information content (AvgIpc) is 3.35. The van der Waals surface area contributed by atoms with Gasteiger partial charge in [0.2, 0.25) is 0 Å². The lowest BCUT2D eigenvalue weighted by atomic mass is 9.98. The molecule has 0 radical (unpaired) electrons. The highest BCUT2D eigenvalue weighted by molar-refractivity contribution is 5.97. The lowest BCUT2D eigenvalue weighted by molar-refractivity contribution is 0.0606. The van der Waals surface area contributed by atoms with Crippen LogP contribution in [-0.2, 0) is 0 Å². The van der Waals surface area contributed by atoms with Crippen molar-refractivity contribution in [1.29, 1.82) is 0 Å². The predicted octanol–water partition coefficient (Wildman–Crippen LogP) is 2.97. The summed E-state index contributed by atoms with van der Waals surface area (Å²) < 4.78 is 1.74. The van der Waals surface area contributed by atoms with Gasteiger partial charge in [-0.1, -0.05) is 0 Å². The minimum absolute atomic E-state index is 0.00591. The summed E-state index contributed by atoms with van der Waals surface area (Å²) in [6.07, 6.45) is 8.33. The highest BCUT2D eigenvalue weighted by Crippen LogP contribution is 2.31. The average molecular weight is 346 g/mol. The summed E-state index contributed by atoms with van der Waals surface area (Å²) in [6, 6.07) is 9.45. The number of hydrogen-bond acceptors (Lipinski definition) is 4. The zero-order valence-corrected chi connectivity index (χ0v) is 14.2. The van der Waals surface area contributed by atoms with Crippen LogP contribution in [0, 0.1) is 0 Å². The number of fused-ring (bicyclic) bond motifs is 2. The van der Waals surface area contributed by atoms with Crippen LogP contribution in [0.2, 0.25) is 0 Å². The third-order valence-corrected chi connectivity index (χ3v) is 5.05. The van der Waals surface area contributed by atoms with Gasteiger partial charge >= 0.3 is 0 Å². The lowest BCUT2D eigenvalue weighted by Crippen LogP contribution is -2.38. The number of H-pyrrole nitrogens is 1. The van der Waals surface area contributed by atoms with E-state index in [-0.39, 0.29) is 11.9 Å². The molecule has 0 aliphatic carbocycles. The molecule has 0 saturated carbocycles. The minimum atomic E-state index is -0.00591. The molecule has 7 heteroatoms. The van der Waals surface area contributed by atoms with Gasteiger partial charge in [-0.05, 0) is 43.5 Å². The number of carbonyl (C=O) groups is 1. The summed E-state index contributed by atoms with van der Waals surface area (Å²) in [4.78, 5) is 27.2. The first-order valence-electron chi connectivity index (χ1n) is 8.84. The fraction of sp³-hybridized carbons (Fsp3) is 0.263. The van der Waals surface area contributed by atoms with Crippen LogP contribution >= 0.6 is 0 Å². The van der Waals surface area contributed by atoms with Crippen molar-refractivity contribution in [2.24, 2.45) is 0 Å². The Labute approximate surface area is 149 Å². The fourth-order valence-corrected chi connectivity index (χ4v) is 3.73. The van der Waals surface area contributed by atoms with E-state index in [4.69, 9.17) is 4.98 Å². The maximum absolute atomic E-state index is 13.2. The summed E-state index contributed by atoms with van der Waals surface area (Å²) in [6.45, 7) is 0.747. The number of aromatic amines is 1. The van der Waals surface area contributed by atoms with Crippen molar-refractivity contribution in [3.63, 3.8) is 0 Å². The number of aromatic nitrogens is 5. The van der Waals surface area contributed by atoms with E-state index in [2.05, 4.69) is 15.1 Å². The second-order valence-corrected chi connectivity index (χ2v) is 6.63. The highest BCUT2D eigenvalue weighted by Gasteiger charge is 2.30. The van der Waals surface area contributed by atoms with Crippen LogP contribution in [0.15, 0.2) is 49.1 Å². The quantitative estimate of drug-likeness (QED) is 0.605. The summed E-state index contributed by atoms with van der Waals surface area (Å²) in [5.74, 6) is 0.0429. The van der Waals surface area contributed by atoms with Gasteiger partial charge in [-0.2, -0.15) is 5.10 Å². The molecule has 0 unspecified atom stereocenters. The molecule has 1 aliphatic rings. The number of benzene rings is 1. The molecule has 1 fully saturated rings. The van der Waals surface area contributed by atoms with E-state index < -0.39 is 0 Å². The van der Waals surface area contributed by atoms with Gasteiger partial charge in [0, 0.05) is 24.4 Å². The largest absolute Gasteiger partial charge is 0.345 e. The predicted molar refractivity (Wildman–Crippen MR) is 96.7 cm³/mol. The van der Waals surface area contributed by atoms with Gasteiger partial charge in [-0.25, -0.2) is 14.5 Å². The van der Waals surface area contributed by atoms with Crippen molar-refractivity contribution in [1.82, 2.24) is 29.5 Å². The number of imidazole rings is 1. The molecule has 4 heterocycles. The number of hydrogen-bond donors (Lipinski definition) is 1. The standard InChI is InChI=1S/C19H18N6O/c26-19(13-4-5-14-16(11-13)21-12-20-14)24-9-2-1-3-17(24)15-7-10-25-18(23-15)6-8-22-25/h4-8,10-12,17H,1-3,9H2,(H,20,21)/t17-/m1/s1. The maximum Gasteiger partial charge on any atom is 0.254 e. The molecule has 0 bridgehead atoms. The van der Waals surface area contributed by atoms with Gasteiger partial charge in [0.15, 0.2) is 5.65 Å². The number of rotatable bonds is 2. The van der Waals surface area contributed by atoms with Crippen molar-refractivity contribution in [3.8, 4) is 0 Å². The van der Waals surface area contributed by atoms with E-state index in [1.54, 1.807) is 17.0 Å². The van der Waals surface area contributed by atoms with Crippen LogP contribution in [0.25, 0.3) is 16.7 Å². The molecule has 1 saturated heterocycles. The van der Waals surface area contributed by atoms with Gasteiger partial charge in [-0.3, -0.25) is 4.79 Å². The van der Waals surface area contributed by atoms with Crippen molar-refractivity contribution < 1.29 is 4.79 Å². The summed E-state index contributed by atoms with van der Waals surface area (Å²) in [5, 5.41) is 4.19. The molecule has 5 rings (SSSR count). The van der Waals surface area contributed by atoms with E-state index in [1.165, 1.54) is 0 Å². The Hall–Kier alpha value is -3.22. The van der Waals surface area contributed by atoms with Crippen LogP contribution in [-0.4, -0.2) is 41.9 Å². The van der Waals surface area contributed by atoms with E-state index in [9.17, 15) is 4.79 Å². The zero-order chi connectivity index (χ0) is 17.5. The van der Waals surface area contributed by atoms with Crippen LogP contribution in [0.5, 0.6) is 0 Å². The smallest absolute Gasteiger partial charge is 0.254 e. The molecule has 130 valence electrons. The Bertz CT molecular complexity index is 1100. The summed E-state index contributed by atoms with van der Waals surface area (Å²) >= 11 is 0. The maximum atomic E-state index is 13.2. The number of likely N-dealkylation sites (tertiary alicyclic amines) is 1. The lowest BCUT2D eigenvalue weighted by Gasteiger charge is -2.35. The zero-order valence-electron chi connectivity index (χ0n) is 14.2. The van der Waals surface area contributed by atoms with Crippen molar-refractivity contribution in [2.75, 3.05) is 6.54 Å². The number of amides is 1. The second kappa shape index (κ2) is 5.94. The SMILES string of the molecule is O=C(c1ccc2nc[nH]c2c1)N1CCCC[C@@H]1c1ccn2nccc2n1. The van der Waals surface area contributed by atoms with Crippen LogP contribution in [0.1, 0.15) is 41.4 Å². The van der Waals surface area contributed by atoms with Crippen molar-refractivity contribution in [3.05, 3.63) is 60.3 Å². The normalized spacial score (nSPS) is 17.8. The number of nitrogens with zero attached hydrogens (tertiary/aromatic N) is 5. The van der Waals surface area contributed by atoms with Crippen LogP contribution in [0.4, 0.5) is 0 Å². The molecular weight excluding hydrogens is 328 g/mol. The topological polar surface area (TPSA) is 79.2 Å². The minimum Gasteiger partial charge on any atom is -0.345 e. The molecule has 1 N–H and O–H groups in total. The van der Waals surface area contributed by atoms with Gasteiger partial charge < -0.3 is 9.88 Å². The Morgan fingerprint density at radius 2 is 2.15 bits per heavy atom. The highest BCUT2D eigenvalue weighted by atomic mass is 16.2. The third-order valence-electron chi connectivity index (χ3n) is 5.05. The second-order valence-electron chi connectivity index (χ2n) is 6.63. The number of piperidine rings is 1. The molecule has 1 amide bonds. The Morgan fingerprint density at radius 3 is 3.12 bits per heavy atom. The first kappa shape index (κ1) is 15.1. The molecule has 1 atom stereocenters. The molecular formula is C19H18N6O. The Balaban J connectivity index is 1.51. The van der Waals surface area contributed by atoms with E-state index in [1.807, 2.05) is 41.4 Å². The Kier molecular flexibility index (Phi) is 3.44. The fourth-order valence-electron chi connectivity index (χ4n) is 3.73. The van der Waals surface area contributed by atoms with Gasteiger partial charge in [0.05, 0.1) is 35.3 Å². The van der Waals surface area contributed by atoms with Crippen molar-refractivity contribution >= 4 is 22.6 Å². The number of carbonyl (C=O) groups excluding carboxylic acids is 1.